The summed E-state index contributed by atoms with van der Waals surface area (Å²) in [5, 5.41) is 0.970. The van der Waals surface area contributed by atoms with Crippen LogP contribution in [-0.2, 0) is 0 Å². The summed E-state index contributed by atoms with van der Waals surface area (Å²) in [7, 11) is 0. The summed E-state index contributed by atoms with van der Waals surface area (Å²) < 4.78 is 1.96. The zero-order valence-electron chi connectivity index (χ0n) is 7.44. The predicted molar refractivity (Wildman–Crippen MR) is 59.6 cm³/mol. The monoisotopic (exact) mass is 259 g/mol. The minimum atomic E-state index is 0.931. The van der Waals surface area contributed by atoms with E-state index in [-0.39, 0.29) is 0 Å². The van der Waals surface area contributed by atoms with Crippen LogP contribution in [0.2, 0.25) is 0 Å². The van der Waals surface area contributed by atoms with Gasteiger partial charge in [0.15, 0.2) is 5.65 Å². The van der Waals surface area contributed by atoms with Gasteiger partial charge in [0, 0.05) is 24.8 Å². The highest BCUT2D eigenvalue weighted by Gasteiger charge is 1.99. The molecule has 2 rings (SSSR count). The number of fused-ring (bicyclic) bond motifs is 1. The van der Waals surface area contributed by atoms with Crippen molar-refractivity contribution in [2.75, 3.05) is 12.1 Å². The Kier molecular flexibility index (Phi) is 4.24. The minimum Gasteiger partial charge on any atom is -0.303 e. The lowest BCUT2D eigenvalue weighted by molar-refractivity contribution is 1.04. The van der Waals surface area contributed by atoms with Gasteiger partial charge in [0.05, 0.1) is 0 Å². The fourth-order valence-corrected chi connectivity index (χ4v) is 1.48. The number of rotatable bonds is 1. The Morgan fingerprint density at radius 3 is 2.46 bits per heavy atom. The van der Waals surface area contributed by atoms with Gasteiger partial charge in [0.25, 0.3) is 0 Å². The molecule has 0 unspecified atom stereocenters. The Hall–Kier alpha value is -0.550. The lowest BCUT2D eigenvalue weighted by Crippen LogP contribution is -1.87. The maximum atomic E-state index is 4.18. The Morgan fingerprint density at radius 2 is 1.85 bits per heavy atom. The van der Waals surface area contributed by atoms with Crippen LogP contribution in [0.25, 0.3) is 5.65 Å². The normalized spacial score (nSPS) is 9.46. The maximum absolute atomic E-state index is 4.18. The second-order valence-corrected chi connectivity index (χ2v) is 2.89. The molecule has 0 aromatic carbocycles. The van der Waals surface area contributed by atoms with Crippen LogP contribution in [0.5, 0.6) is 0 Å². The molecule has 0 bridgehead atoms. The van der Waals surface area contributed by atoms with Crippen molar-refractivity contribution in [1.82, 2.24) is 14.4 Å². The van der Waals surface area contributed by atoms with Crippen LogP contribution < -0.4 is 0 Å². The first-order chi connectivity index (χ1) is 6.42. The molecule has 0 aliphatic heterocycles. The van der Waals surface area contributed by atoms with Crippen LogP contribution in [0.4, 0.5) is 0 Å². The molecule has 3 nitrogen and oxygen atoms in total. The highest BCUT2D eigenvalue weighted by molar-refractivity contribution is 9.08. The van der Waals surface area contributed by atoms with Crippen molar-refractivity contribution in [3.63, 3.8) is 0 Å². The highest BCUT2D eigenvalue weighted by atomic mass is 79.9. The average molecular weight is 260 g/mol. The fourth-order valence-electron chi connectivity index (χ4n) is 0.974. The summed E-state index contributed by atoms with van der Waals surface area (Å²) in [6.45, 7) is 0. The largest absolute Gasteiger partial charge is 0.303 e. The van der Waals surface area contributed by atoms with E-state index >= 15 is 0 Å². The zero-order chi connectivity index (χ0) is 9.68. The second kappa shape index (κ2) is 5.24. The molecule has 0 fully saturated rings. The SMILES string of the molecule is CBr.CSc1nccn2ccnc12. The molecular weight excluding hydrogens is 250 g/mol. The van der Waals surface area contributed by atoms with E-state index in [0.29, 0.717) is 0 Å². The summed E-state index contributed by atoms with van der Waals surface area (Å²) >= 11 is 4.55. The Balaban J connectivity index is 0.000000396. The number of hydrogen-bond donors (Lipinski definition) is 0. The molecule has 13 heavy (non-hydrogen) atoms. The standard InChI is InChI=1S/C7H7N3S.CH3Br/c1-11-7-6-8-2-4-10(6)5-3-9-7;1-2/h2-5H,1H3;1H3. The van der Waals surface area contributed by atoms with Crippen LogP contribution in [-0.4, -0.2) is 26.5 Å². The number of alkyl halides is 1. The van der Waals surface area contributed by atoms with Crippen LogP contribution in [0.1, 0.15) is 0 Å². The zero-order valence-corrected chi connectivity index (χ0v) is 9.84. The summed E-state index contributed by atoms with van der Waals surface area (Å²) in [6.07, 6.45) is 9.35. The van der Waals surface area contributed by atoms with Gasteiger partial charge in [0.2, 0.25) is 0 Å². The third-order valence-electron chi connectivity index (χ3n) is 1.47. The van der Waals surface area contributed by atoms with Crippen LogP contribution >= 0.6 is 27.7 Å². The molecule has 2 heterocycles. The van der Waals surface area contributed by atoms with Crippen molar-refractivity contribution in [2.24, 2.45) is 0 Å². The van der Waals surface area contributed by atoms with E-state index in [9.17, 15) is 0 Å². The van der Waals surface area contributed by atoms with Crippen LogP contribution in [0, 0.1) is 0 Å². The van der Waals surface area contributed by atoms with E-state index in [0.717, 1.165) is 10.7 Å². The molecule has 0 aliphatic rings. The molecule has 2 aromatic heterocycles. The van der Waals surface area contributed by atoms with Gasteiger partial charge < -0.3 is 4.40 Å². The lowest BCUT2D eigenvalue weighted by Gasteiger charge is -1.96. The fraction of sp³-hybridized carbons (Fsp3) is 0.250. The van der Waals surface area contributed by atoms with Crippen molar-refractivity contribution < 1.29 is 0 Å². The number of hydrogen-bond acceptors (Lipinski definition) is 3. The molecule has 70 valence electrons. The van der Waals surface area contributed by atoms with Gasteiger partial charge in [-0.25, -0.2) is 9.97 Å². The third-order valence-corrected chi connectivity index (χ3v) is 2.15. The van der Waals surface area contributed by atoms with Crippen molar-refractivity contribution in [3.05, 3.63) is 24.8 Å². The first-order valence-corrected chi connectivity index (χ1v) is 6.42. The number of thioether (sulfide) groups is 1. The first kappa shape index (κ1) is 10.5. The molecule has 0 spiro atoms. The van der Waals surface area contributed by atoms with Crippen molar-refractivity contribution in [2.45, 2.75) is 5.03 Å². The first-order valence-electron chi connectivity index (χ1n) is 3.61. The molecule has 2 aromatic rings. The third kappa shape index (κ3) is 2.22. The second-order valence-electron chi connectivity index (χ2n) is 2.09. The Labute approximate surface area is 89.7 Å². The van der Waals surface area contributed by atoms with E-state index in [2.05, 4.69) is 25.9 Å². The Bertz CT molecular complexity index is 374. The maximum Gasteiger partial charge on any atom is 0.169 e. The summed E-state index contributed by atoms with van der Waals surface area (Å²) in [5.74, 6) is 1.81. The molecule has 0 atom stereocenters. The topological polar surface area (TPSA) is 30.2 Å². The predicted octanol–water partition coefficient (Wildman–Crippen LogP) is 2.46. The molecular formula is C8H10BrN3S. The van der Waals surface area contributed by atoms with Gasteiger partial charge in [-0.1, -0.05) is 15.9 Å². The number of halogens is 1. The van der Waals surface area contributed by atoms with Gasteiger partial charge in [-0.3, -0.25) is 0 Å². The molecule has 5 heteroatoms. The van der Waals surface area contributed by atoms with Gasteiger partial charge >= 0.3 is 0 Å². The smallest absolute Gasteiger partial charge is 0.169 e. The molecule has 0 radical (unpaired) electrons. The molecule has 0 saturated heterocycles. The van der Waals surface area contributed by atoms with E-state index < -0.39 is 0 Å². The Morgan fingerprint density at radius 1 is 1.23 bits per heavy atom. The van der Waals surface area contributed by atoms with E-state index in [4.69, 9.17) is 0 Å². The van der Waals surface area contributed by atoms with Crippen molar-refractivity contribution in [1.29, 1.82) is 0 Å². The van der Waals surface area contributed by atoms with E-state index in [1.54, 1.807) is 24.2 Å². The van der Waals surface area contributed by atoms with Crippen molar-refractivity contribution >= 4 is 33.3 Å². The van der Waals surface area contributed by atoms with Crippen molar-refractivity contribution in [3.8, 4) is 0 Å². The van der Waals surface area contributed by atoms with Gasteiger partial charge in [-0.05, 0) is 12.1 Å². The van der Waals surface area contributed by atoms with Gasteiger partial charge in [-0.2, -0.15) is 0 Å². The highest BCUT2D eigenvalue weighted by Crippen LogP contribution is 2.15. The summed E-state index contributed by atoms with van der Waals surface area (Å²) in [5.41, 5.74) is 0.931. The molecule has 0 saturated carbocycles. The lowest BCUT2D eigenvalue weighted by atomic mass is 10.7. The average Bonchev–Trinajstić information content (AvgIpc) is 2.68. The molecule has 0 N–H and O–H groups in total. The summed E-state index contributed by atoms with van der Waals surface area (Å²) in [6, 6.07) is 0. The minimum absolute atomic E-state index is 0.931. The number of imidazole rings is 1. The van der Waals surface area contributed by atoms with Gasteiger partial charge in [0.1, 0.15) is 5.03 Å². The number of nitrogens with zero attached hydrogens (tertiary/aromatic N) is 3. The summed E-state index contributed by atoms with van der Waals surface area (Å²) in [4.78, 5) is 8.35. The quantitative estimate of drug-likeness (QED) is 0.582. The molecule has 0 amide bonds. The van der Waals surface area contributed by atoms with Crippen LogP contribution in [0.3, 0.4) is 0 Å². The van der Waals surface area contributed by atoms with Crippen LogP contribution in [0.15, 0.2) is 29.8 Å². The number of aromatic nitrogens is 3. The van der Waals surface area contributed by atoms with E-state index in [1.165, 1.54) is 0 Å². The van der Waals surface area contributed by atoms with E-state index in [1.807, 2.05) is 28.9 Å². The van der Waals surface area contributed by atoms with Gasteiger partial charge in [-0.15, -0.1) is 11.8 Å². The molecule has 0 aliphatic carbocycles.